The molecule has 0 aromatic heterocycles. The predicted molar refractivity (Wildman–Crippen MR) is 61.3 cm³/mol. The van der Waals surface area contributed by atoms with Gasteiger partial charge in [0.25, 0.3) is 5.91 Å². The van der Waals surface area contributed by atoms with Gasteiger partial charge in [0.05, 0.1) is 0 Å². The minimum atomic E-state index is -0.141. The average molecular weight is 237 g/mol. The third kappa shape index (κ3) is 3.03. The smallest absolute Gasteiger partial charge is 0.258 e. The van der Waals surface area contributed by atoms with Gasteiger partial charge in [0.1, 0.15) is 5.75 Å². The minimum absolute atomic E-state index is 0.00216. The molecule has 1 N–H and O–H groups in total. The van der Waals surface area contributed by atoms with Crippen LogP contribution in [0.15, 0.2) is 18.2 Å². The van der Waals surface area contributed by atoms with Gasteiger partial charge in [-0.15, -0.1) is 0 Å². The van der Waals surface area contributed by atoms with Gasteiger partial charge in [-0.2, -0.15) is 0 Å². The summed E-state index contributed by atoms with van der Waals surface area (Å²) in [7, 11) is 0. The Morgan fingerprint density at radius 3 is 2.94 bits per heavy atom. The number of carbonyl (C=O) groups excluding carboxylic acids is 1. The largest absolute Gasteiger partial charge is 0.484 e. The molecule has 1 aliphatic rings. The van der Waals surface area contributed by atoms with Crippen LogP contribution in [0.3, 0.4) is 0 Å². The van der Waals surface area contributed by atoms with Gasteiger partial charge in [0.15, 0.2) is 18.1 Å². The van der Waals surface area contributed by atoms with Crippen LogP contribution in [0.4, 0.5) is 0 Å². The van der Waals surface area contributed by atoms with Crippen LogP contribution >= 0.6 is 0 Å². The first-order valence-corrected chi connectivity index (χ1v) is 5.47. The first kappa shape index (κ1) is 11.6. The Balaban J connectivity index is 1.89. The molecule has 1 amide bonds. The lowest BCUT2D eigenvalue weighted by Crippen LogP contribution is -2.34. The summed E-state index contributed by atoms with van der Waals surface area (Å²) in [5.74, 6) is 1.79. The number of benzene rings is 1. The molecule has 2 rings (SSSR count). The van der Waals surface area contributed by atoms with Crippen molar-refractivity contribution in [3.05, 3.63) is 18.2 Å². The fourth-order valence-corrected chi connectivity index (χ4v) is 1.48. The molecule has 1 aliphatic heterocycles. The third-order valence-corrected chi connectivity index (χ3v) is 2.16. The molecule has 5 nitrogen and oxygen atoms in total. The van der Waals surface area contributed by atoms with E-state index in [1.165, 1.54) is 0 Å². The molecule has 92 valence electrons. The summed E-state index contributed by atoms with van der Waals surface area (Å²) in [4.78, 5) is 11.4. The highest BCUT2D eigenvalue weighted by molar-refractivity contribution is 5.77. The Morgan fingerprint density at radius 2 is 2.18 bits per heavy atom. The second-order valence-corrected chi connectivity index (χ2v) is 4.03. The first-order chi connectivity index (χ1) is 8.15. The topological polar surface area (TPSA) is 56.8 Å². The Kier molecular flexibility index (Phi) is 3.37. The molecule has 0 spiro atoms. The van der Waals surface area contributed by atoms with E-state index in [9.17, 15) is 4.79 Å². The summed E-state index contributed by atoms with van der Waals surface area (Å²) in [6.45, 7) is 4.03. The summed E-state index contributed by atoms with van der Waals surface area (Å²) < 4.78 is 15.7. The van der Waals surface area contributed by atoms with Crippen LogP contribution in [0.2, 0.25) is 0 Å². The molecule has 0 bridgehead atoms. The zero-order valence-corrected chi connectivity index (χ0v) is 9.86. The lowest BCUT2D eigenvalue weighted by Gasteiger charge is -2.09. The quantitative estimate of drug-likeness (QED) is 0.858. The summed E-state index contributed by atoms with van der Waals surface area (Å²) in [5.41, 5.74) is 0. The van der Waals surface area contributed by atoms with E-state index in [1.54, 1.807) is 18.2 Å². The lowest BCUT2D eigenvalue weighted by atomic mass is 10.3. The van der Waals surface area contributed by atoms with Crippen molar-refractivity contribution < 1.29 is 19.0 Å². The van der Waals surface area contributed by atoms with Gasteiger partial charge in [-0.3, -0.25) is 4.79 Å². The number of amides is 1. The third-order valence-electron chi connectivity index (χ3n) is 2.16. The van der Waals surface area contributed by atoms with Crippen LogP contribution < -0.4 is 19.5 Å². The van der Waals surface area contributed by atoms with Gasteiger partial charge in [0, 0.05) is 12.1 Å². The van der Waals surface area contributed by atoms with Gasteiger partial charge in [-0.05, 0) is 26.0 Å². The van der Waals surface area contributed by atoms with Gasteiger partial charge in [-0.25, -0.2) is 0 Å². The second kappa shape index (κ2) is 4.95. The van der Waals surface area contributed by atoms with Crippen molar-refractivity contribution in [2.45, 2.75) is 19.9 Å². The highest BCUT2D eigenvalue weighted by Crippen LogP contribution is 2.34. The Hall–Kier alpha value is -1.91. The molecule has 1 aromatic rings. The molecule has 0 saturated carbocycles. The van der Waals surface area contributed by atoms with Crippen molar-refractivity contribution in [3.63, 3.8) is 0 Å². The van der Waals surface area contributed by atoms with E-state index in [0.29, 0.717) is 17.2 Å². The van der Waals surface area contributed by atoms with Gasteiger partial charge >= 0.3 is 0 Å². The van der Waals surface area contributed by atoms with Crippen LogP contribution in [0, 0.1) is 0 Å². The Labute approximate surface area is 99.7 Å². The highest BCUT2D eigenvalue weighted by atomic mass is 16.7. The van der Waals surface area contributed by atoms with E-state index < -0.39 is 0 Å². The molecule has 0 fully saturated rings. The number of carbonyl (C=O) groups is 1. The Morgan fingerprint density at radius 1 is 1.41 bits per heavy atom. The van der Waals surface area contributed by atoms with Crippen LogP contribution in [0.5, 0.6) is 17.2 Å². The van der Waals surface area contributed by atoms with E-state index in [4.69, 9.17) is 14.2 Å². The summed E-state index contributed by atoms with van der Waals surface area (Å²) in [5, 5.41) is 2.75. The number of nitrogens with one attached hydrogen (secondary N) is 1. The van der Waals surface area contributed by atoms with Crippen molar-refractivity contribution in [1.82, 2.24) is 5.32 Å². The minimum Gasteiger partial charge on any atom is -0.484 e. The zero-order valence-electron chi connectivity index (χ0n) is 9.86. The maximum atomic E-state index is 11.4. The molecule has 5 heteroatoms. The van der Waals surface area contributed by atoms with Crippen molar-refractivity contribution in [2.75, 3.05) is 13.4 Å². The number of fused-ring (bicyclic) bond motifs is 1. The van der Waals surface area contributed by atoms with Crippen molar-refractivity contribution in [3.8, 4) is 17.2 Å². The predicted octanol–water partition coefficient (Wildman–Crippen LogP) is 1.32. The fourth-order valence-electron chi connectivity index (χ4n) is 1.48. The van der Waals surface area contributed by atoms with E-state index in [-0.39, 0.29) is 25.3 Å². The van der Waals surface area contributed by atoms with Crippen LogP contribution in [-0.4, -0.2) is 25.3 Å². The Bertz CT molecular complexity index is 417. The van der Waals surface area contributed by atoms with Crippen LogP contribution in [-0.2, 0) is 4.79 Å². The van der Waals surface area contributed by atoms with Crippen molar-refractivity contribution in [1.29, 1.82) is 0 Å². The van der Waals surface area contributed by atoms with E-state index in [2.05, 4.69) is 5.32 Å². The SMILES string of the molecule is CC(C)NC(=O)COc1ccc2c(c1)OCO2. The van der Waals surface area contributed by atoms with Crippen molar-refractivity contribution in [2.24, 2.45) is 0 Å². The molecule has 1 aromatic carbocycles. The maximum Gasteiger partial charge on any atom is 0.258 e. The normalized spacial score (nSPS) is 12.6. The molecule has 1 heterocycles. The molecule has 0 radical (unpaired) electrons. The number of ether oxygens (including phenoxy) is 3. The lowest BCUT2D eigenvalue weighted by molar-refractivity contribution is -0.123. The van der Waals surface area contributed by atoms with E-state index >= 15 is 0 Å². The number of hydrogen-bond acceptors (Lipinski definition) is 4. The maximum absolute atomic E-state index is 11.4. The summed E-state index contributed by atoms with van der Waals surface area (Å²) in [6.07, 6.45) is 0. The van der Waals surface area contributed by atoms with E-state index in [1.807, 2.05) is 13.8 Å². The summed E-state index contributed by atoms with van der Waals surface area (Å²) >= 11 is 0. The second-order valence-electron chi connectivity index (χ2n) is 4.03. The number of rotatable bonds is 4. The molecular weight excluding hydrogens is 222 g/mol. The fraction of sp³-hybridized carbons (Fsp3) is 0.417. The van der Waals surface area contributed by atoms with Gasteiger partial charge in [0.2, 0.25) is 6.79 Å². The van der Waals surface area contributed by atoms with E-state index in [0.717, 1.165) is 0 Å². The van der Waals surface area contributed by atoms with Crippen LogP contribution in [0.1, 0.15) is 13.8 Å². The molecule has 17 heavy (non-hydrogen) atoms. The molecular formula is C12H15NO4. The monoisotopic (exact) mass is 237 g/mol. The van der Waals surface area contributed by atoms with Crippen LogP contribution in [0.25, 0.3) is 0 Å². The molecule has 0 saturated heterocycles. The first-order valence-electron chi connectivity index (χ1n) is 5.47. The molecule has 0 atom stereocenters. The summed E-state index contributed by atoms with van der Waals surface area (Å²) in [6, 6.07) is 5.34. The van der Waals surface area contributed by atoms with Gasteiger partial charge in [-0.1, -0.05) is 0 Å². The standard InChI is InChI=1S/C12H15NO4/c1-8(2)13-12(14)6-15-9-3-4-10-11(5-9)17-7-16-10/h3-5,8H,6-7H2,1-2H3,(H,13,14). The van der Waals surface area contributed by atoms with Gasteiger partial charge < -0.3 is 19.5 Å². The zero-order chi connectivity index (χ0) is 12.3. The highest BCUT2D eigenvalue weighted by Gasteiger charge is 2.14. The molecule has 0 aliphatic carbocycles. The number of hydrogen-bond donors (Lipinski definition) is 1. The van der Waals surface area contributed by atoms with Crippen molar-refractivity contribution >= 4 is 5.91 Å². The molecule has 0 unspecified atom stereocenters. The average Bonchev–Trinajstić information content (AvgIpc) is 2.72.